The second kappa shape index (κ2) is 8.84. The zero-order valence-electron chi connectivity index (χ0n) is 15.0. The Kier molecular flexibility index (Phi) is 6.54. The molecule has 0 saturated heterocycles. The van der Waals surface area contributed by atoms with Crippen LogP contribution in [0.1, 0.15) is 11.1 Å². The van der Waals surface area contributed by atoms with E-state index in [9.17, 15) is 14.0 Å². The average Bonchev–Trinajstić information content (AvgIpc) is 2.61. The number of carbonyl (C=O) groups is 2. The van der Waals surface area contributed by atoms with Gasteiger partial charge >= 0.3 is 0 Å². The molecular formula is C19H22FN3O3. The Bertz CT molecular complexity index is 809. The first-order valence-corrected chi connectivity index (χ1v) is 8.10. The molecule has 2 amide bonds. The molecule has 0 saturated carbocycles. The van der Waals surface area contributed by atoms with Gasteiger partial charge in [0, 0.05) is 5.69 Å². The van der Waals surface area contributed by atoms with Crippen molar-refractivity contribution in [2.75, 3.05) is 30.8 Å². The van der Waals surface area contributed by atoms with E-state index in [2.05, 4.69) is 16.0 Å². The largest absolute Gasteiger partial charge is 0.495 e. The minimum Gasteiger partial charge on any atom is -0.495 e. The van der Waals surface area contributed by atoms with Gasteiger partial charge in [-0.1, -0.05) is 12.1 Å². The van der Waals surface area contributed by atoms with Crippen LogP contribution >= 0.6 is 0 Å². The zero-order chi connectivity index (χ0) is 19.1. The van der Waals surface area contributed by atoms with Crippen molar-refractivity contribution in [2.24, 2.45) is 0 Å². The summed E-state index contributed by atoms with van der Waals surface area (Å²) in [6.07, 6.45) is 0. The molecule has 0 aromatic heterocycles. The molecule has 2 rings (SSSR count). The van der Waals surface area contributed by atoms with E-state index >= 15 is 0 Å². The second-order valence-corrected chi connectivity index (χ2v) is 5.85. The van der Waals surface area contributed by atoms with E-state index in [1.807, 2.05) is 13.0 Å². The van der Waals surface area contributed by atoms with Crippen molar-refractivity contribution in [3.05, 3.63) is 53.3 Å². The summed E-state index contributed by atoms with van der Waals surface area (Å²) in [5, 5.41) is 8.01. The Hall–Kier alpha value is -3.09. The van der Waals surface area contributed by atoms with E-state index < -0.39 is 0 Å². The van der Waals surface area contributed by atoms with E-state index in [4.69, 9.17) is 4.74 Å². The van der Waals surface area contributed by atoms with Gasteiger partial charge in [0.15, 0.2) is 0 Å². The fraction of sp³-hybridized carbons (Fsp3) is 0.263. The highest BCUT2D eigenvalue weighted by Gasteiger charge is 2.10. The normalized spacial score (nSPS) is 10.2. The first-order valence-electron chi connectivity index (χ1n) is 8.10. The van der Waals surface area contributed by atoms with Gasteiger partial charge in [-0.15, -0.1) is 0 Å². The molecule has 0 fully saturated rings. The summed E-state index contributed by atoms with van der Waals surface area (Å²) in [6, 6.07) is 10.0. The van der Waals surface area contributed by atoms with E-state index in [1.165, 1.54) is 13.2 Å². The molecule has 0 heterocycles. The van der Waals surface area contributed by atoms with Crippen LogP contribution in [0.3, 0.4) is 0 Å². The fourth-order valence-corrected chi connectivity index (χ4v) is 2.24. The van der Waals surface area contributed by atoms with E-state index in [-0.39, 0.29) is 30.7 Å². The SMILES string of the molecule is COc1ccc(C)cc1NC(=O)CNC(=O)CNc1ccc(C)c(F)c1. The van der Waals surface area contributed by atoms with Gasteiger partial charge in [0.1, 0.15) is 11.6 Å². The van der Waals surface area contributed by atoms with Crippen molar-refractivity contribution < 1.29 is 18.7 Å². The maximum absolute atomic E-state index is 13.5. The van der Waals surface area contributed by atoms with Crippen molar-refractivity contribution in [2.45, 2.75) is 13.8 Å². The number of methoxy groups -OCH3 is 1. The second-order valence-electron chi connectivity index (χ2n) is 5.85. The molecule has 138 valence electrons. The molecule has 2 aromatic carbocycles. The van der Waals surface area contributed by atoms with Crippen molar-refractivity contribution in [1.29, 1.82) is 0 Å². The number of amides is 2. The van der Waals surface area contributed by atoms with Crippen LogP contribution in [0.15, 0.2) is 36.4 Å². The van der Waals surface area contributed by atoms with Crippen LogP contribution in [0.25, 0.3) is 0 Å². The molecule has 0 atom stereocenters. The number of rotatable bonds is 7. The molecule has 7 heteroatoms. The highest BCUT2D eigenvalue weighted by molar-refractivity contribution is 5.96. The standard InChI is InChI=1S/C19H22FN3O3/c1-12-4-7-17(26-3)16(8-12)23-19(25)11-22-18(24)10-21-14-6-5-13(2)15(20)9-14/h4-9,21H,10-11H2,1-3H3,(H,22,24)(H,23,25). The van der Waals surface area contributed by atoms with Gasteiger partial charge in [0.2, 0.25) is 11.8 Å². The Balaban J connectivity index is 1.80. The van der Waals surface area contributed by atoms with Crippen LogP contribution in [0.2, 0.25) is 0 Å². The molecule has 3 N–H and O–H groups in total. The monoisotopic (exact) mass is 359 g/mol. The van der Waals surface area contributed by atoms with E-state index in [0.717, 1.165) is 5.56 Å². The van der Waals surface area contributed by atoms with E-state index in [1.54, 1.807) is 31.2 Å². The number of hydrogen-bond acceptors (Lipinski definition) is 4. The first-order chi connectivity index (χ1) is 12.4. The minimum atomic E-state index is -0.377. The molecule has 0 bridgehead atoms. The van der Waals surface area contributed by atoms with Crippen molar-refractivity contribution in [3.63, 3.8) is 0 Å². The highest BCUT2D eigenvalue weighted by atomic mass is 19.1. The summed E-state index contributed by atoms with van der Waals surface area (Å²) in [7, 11) is 1.52. The van der Waals surface area contributed by atoms with Crippen LogP contribution in [-0.4, -0.2) is 32.0 Å². The zero-order valence-corrected chi connectivity index (χ0v) is 15.0. The van der Waals surface area contributed by atoms with Crippen LogP contribution in [0.4, 0.5) is 15.8 Å². The highest BCUT2D eigenvalue weighted by Crippen LogP contribution is 2.24. The van der Waals surface area contributed by atoms with Gasteiger partial charge < -0.3 is 20.7 Å². The molecular weight excluding hydrogens is 337 g/mol. The molecule has 0 aliphatic rings. The van der Waals surface area contributed by atoms with E-state index in [0.29, 0.717) is 22.7 Å². The van der Waals surface area contributed by atoms with Gasteiger partial charge in [-0.2, -0.15) is 0 Å². The predicted octanol–water partition coefficient (Wildman–Crippen LogP) is 2.62. The molecule has 26 heavy (non-hydrogen) atoms. The lowest BCUT2D eigenvalue weighted by Gasteiger charge is -2.12. The summed E-state index contributed by atoms with van der Waals surface area (Å²) >= 11 is 0. The van der Waals surface area contributed by atoms with Crippen LogP contribution in [-0.2, 0) is 9.59 Å². The summed E-state index contributed by atoms with van der Waals surface area (Å²) in [5.41, 5.74) is 2.54. The summed E-state index contributed by atoms with van der Waals surface area (Å²) in [4.78, 5) is 23.8. The number of halogens is 1. The predicted molar refractivity (Wildman–Crippen MR) is 99.0 cm³/mol. The lowest BCUT2D eigenvalue weighted by atomic mass is 10.2. The molecule has 6 nitrogen and oxygen atoms in total. The number of hydrogen-bond donors (Lipinski definition) is 3. The first kappa shape index (κ1) is 19.2. The smallest absolute Gasteiger partial charge is 0.243 e. The summed E-state index contributed by atoms with van der Waals surface area (Å²) < 4.78 is 18.6. The van der Waals surface area contributed by atoms with Gasteiger partial charge in [-0.05, 0) is 49.2 Å². The fourth-order valence-electron chi connectivity index (χ4n) is 2.24. The maximum atomic E-state index is 13.5. The van der Waals surface area contributed by atoms with Crippen molar-refractivity contribution in [1.82, 2.24) is 5.32 Å². The maximum Gasteiger partial charge on any atom is 0.243 e. The Morgan fingerprint density at radius 1 is 1.04 bits per heavy atom. The molecule has 0 spiro atoms. The number of aryl methyl sites for hydroxylation is 2. The lowest BCUT2D eigenvalue weighted by Crippen LogP contribution is -2.36. The number of nitrogens with one attached hydrogen (secondary N) is 3. The quantitative estimate of drug-likeness (QED) is 0.710. The molecule has 0 aliphatic heterocycles. The third-order valence-electron chi connectivity index (χ3n) is 3.70. The third-order valence-corrected chi connectivity index (χ3v) is 3.70. The van der Waals surface area contributed by atoms with Crippen LogP contribution in [0.5, 0.6) is 5.75 Å². The Labute approximate surface area is 151 Å². The molecule has 0 radical (unpaired) electrons. The van der Waals surface area contributed by atoms with Gasteiger partial charge in [0.05, 0.1) is 25.9 Å². The molecule has 2 aromatic rings. The summed E-state index contributed by atoms with van der Waals surface area (Å²) in [6.45, 7) is 3.31. The topological polar surface area (TPSA) is 79.5 Å². The van der Waals surface area contributed by atoms with Gasteiger partial charge in [-0.3, -0.25) is 9.59 Å². The number of carbonyl (C=O) groups excluding carboxylic acids is 2. The van der Waals surface area contributed by atoms with Gasteiger partial charge in [0.25, 0.3) is 0 Å². The average molecular weight is 359 g/mol. The Morgan fingerprint density at radius 2 is 1.81 bits per heavy atom. The lowest BCUT2D eigenvalue weighted by molar-refractivity contribution is -0.122. The van der Waals surface area contributed by atoms with Crippen molar-refractivity contribution in [3.8, 4) is 5.75 Å². The number of anilines is 2. The minimum absolute atomic E-state index is 0.0659. The van der Waals surface area contributed by atoms with Crippen molar-refractivity contribution >= 4 is 23.2 Å². The van der Waals surface area contributed by atoms with Crippen LogP contribution in [0, 0.1) is 19.7 Å². The number of ether oxygens (including phenoxy) is 1. The number of benzene rings is 2. The Morgan fingerprint density at radius 3 is 2.50 bits per heavy atom. The molecule has 0 unspecified atom stereocenters. The van der Waals surface area contributed by atoms with Gasteiger partial charge in [-0.25, -0.2) is 4.39 Å². The third kappa shape index (κ3) is 5.47. The summed E-state index contributed by atoms with van der Waals surface area (Å²) in [5.74, 6) is -0.554. The molecule has 0 aliphatic carbocycles. The van der Waals surface area contributed by atoms with Crippen LogP contribution < -0.4 is 20.7 Å².